The summed E-state index contributed by atoms with van der Waals surface area (Å²) >= 11 is 6.24. The van der Waals surface area contributed by atoms with E-state index in [1.54, 1.807) is 12.1 Å². The second kappa shape index (κ2) is 7.20. The zero-order valence-electron chi connectivity index (χ0n) is 13.5. The molecule has 5 nitrogen and oxygen atoms in total. The number of rotatable bonds is 4. The van der Waals surface area contributed by atoms with Gasteiger partial charge in [-0.3, -0.25) is 4.79 Å². The van der Waals surface area contributed by atoms with Crippen molar-refractivity contribution in [1.29, 1.82) is 0 Å². The largest absolute Gasteiger partial charge is 0.493 e. The van der Waals surface area contributed by atoms with Crippen LogP contribution in [0.1, 0.15) is 31.1 Å². The van der Waals surface area contributed by atoms with E-state index in [1.807, 2.05) is 11.8 Å². The van der Waals surface area contributed by atoms with Gasteiger partial charge >= 0.3 is 0 Å². The number of carbonyl (C=O) groups is 1. The van der Waals surface area contributed by atoms with Gasteiger partial charge in [0.1, 0.15) is 0 Å². The van der Waals surface area contributed by atoms with Crippen molar-refractivity contribution in [2.24, 2.45) is 0 Å². The van der Waals surface area contributed by atoms with Crippen molar-refractivity contribution in [1.82, 2.24) is 10.2 Å². The highest BCUT2D eigenvalue weighted by molar-refractivity contribution is 6.32. The molecule has 6 heteroatoms. The normalized spacial score (nSPS) is 21.6. The quantitative estimate of drug-likeness (QED) is 0.924. The molecule has 1 saturated heterocycles. The molecule has 1 aliphatic heterocycles. The van der Waals surface area contributed by atoms with Gasteiger partial charge in [-0.2, -0.15) is 0 Å². The average molecular weight is 327 g/mol. The van der Waals surface area contributed by atoms with E-state index in [0.29, 0.717) is 41.8 Å². The first-order valence-electron chi connectivity index (χ1n) is 7.51. The fourth-order valence-corrected chi connectivity index (χ4v) is 3.07. The highest BCUT2D eigenvalue weighted by Crippen LogP contribution is 2.36. The number of benzene rings is 1. The summed E-state index contributed by atoms with van der Waals surface area (Å²) in [6.07, 6.45) is 0. The lowest BCUT2D eigenvalue weighted by atomic mass is 10.1. The van der Waals surface area contributed by atoms with Gasteiger partial charge < -0.3 is 19.7 Å². The molecular formula is C16H23ClN2O3. The molecule has 1 amide bonds. The average Bonchev–Trinajstić information content (AvgIpc) is 2.47. The van der Waals surface area contributed by atoms with Gasteiger partial charge in [0.2, 0.25) is 0 Å². The summed E-state index contributed by atoms with van der Waals surface area (Å²) in [5.41, 5.74) is 0.520. The Morgan fingerprint density at radius 2 is 2.00 bits per heavy atom. The number of nitrogens with zero attached hydrogens (tertiary/aromatic N) is 1. The van der Waals surface area contributed by atoms with Crippen molar-refractivity contribution < 1.29 is 14.3 Å². The molecule has 0 unspecified atom stereocenters. The van der Waals surface area contributed by atoms with E-state index in [2.05, 4.69) is 19.2 Å². The number of halogens is 1. The molecule has 1 aromatic carbocycles. The van der Waals surface area contributed by atoms with Crippen LogP contribution in [0, 0.1) is 0 Å². The first-order valence-corrected chi connectivity index (χ1v) is 7.89. The molecule has 1 aliphatic rings. The number of nitrogens with one attached hydrogen (secondary N) is 1. The number of methoxy groups -OCH3 is 1. The second-order valence-electron chi connectivity index (χ2n) is 5.60. The van der Waals surface area contributed by atoms with E-state index >= 15 is 0 Å². The second-order valence-corrected chi connectivity index (χ2v) is 6.01. The molecule has 122 valence electrons. The number of carbonyl (C=O) groups excluding carboxylic acids is 1. The standard InChI is InChI=1S/C16H23ClN2O3/c1-5-22-15-13(17)6-12(7-14(15)21-4)16(20)19-8-10(2)18-11(3)9-19/h6-7,10-11,18H,5,8-9H2,1-4H3/t10-,11-/m1/s1. The Bertz CT molecular complexity index is 540. The number of piperazine rings is 1. The fourth-order valence-electron chi connectivity index (χ4n) is 2.80. The van der Waals surface area contributed by atoms with Crippen LogP contribution >= 0.6 is 11.6 Å². The van der Waals surface area contributed by atoms with Crippen molar-refractivity contribution in [2.45, 2.75) is 32.9 Å². The zero-order chi connectivity index (χ0) is 16.3. The number of hydrogen-bond acceptors (Lipinski definition) is 4. The summed E-state index contributed by atoms with van der Waals surface area (Å²) in [6.45, 7) is 7.85. The van der Waals surface area contributed by atoms with Crippen LogP contribution in [-0.4, -0.2) is 49.7 Å². The Morgan fingerprint density at radius 3 is 2.55 bits per heavy atom. The van der Waals surface area contributed by atoms with E-state index in [-0.39, 0.29) is 18.0 Å². The van der Waals surface area contributed by atoms with Crippen molar-refractivity contribution in [2.75, 3.05) is 26.8 Å². The molecule has 2 atom stereocenters. The van der Waals surface area contributed by atoms with E-state index in [0.717, 1.165) is 0 Å². The van der Waals surface area contributed by atoms with E-state index in [4.69, 9.17) is 21.1 Å². The zero-order valence-corrected chi connectivity index (χ0v) is 14.2. The number of ether oxygens (including phenoxy) is 2. The molecule has 0 aromatic heterocycles. The van der Waals surface area contributed by atoms with Crippen molar-refractivity contribution >= 4 is 17.5 Å². The molecule has 1 fully saturated rings. The molecule has 0 saturated carbocycles. The third kappa shape index (κ3) is 3.65. The van der Waals surface area contributed by atoms with Crippen LogP contribution in [0.2, 0.25) is 5.02 Å². The monoisotopic (exact) mass is 326 g/mol. The molecule has 1 aromatic rings. The minimum atomic E-state index is -0.0385. The summed E-state index contributed by atoms with van der Waals surface area (Å²) < 4.78 is 10.8. The summed E-state index contributed by atoms with van der Waals surface area (Å²) in [6, 6.07) is 3.88. The van der Waals surface area contributed by atoms with Crippen LogP contribution in [0.5, 0.6) is 11.5 Å². The summed E-state index contributed by atoms with van der Waals surface area (Å²) in [4.78, 5) is 14.6. The van der Waals surface area contributed by atoms with Gasteiger partial charge in [-0.15, -0.1) is 0 Å². The highest BCUT2D eigenvalue weighted by Gasteiger charge is 2.26. The smallest absolute Gasteiger partial charge is 0.254 e. The maximum atomic E-state index is 12.7. The minimum Gasteiger partial charge on any atom is -0.493 e. The molecule has 22 heavy (non-hydrogen) atoms. The Morgan fingerprint density at radius 1 is 1.36 bits per heavy atom. The van der Waals surface area contributed by atoms with Gasteiger partial charge in [-0.05, 0) is 32.9 Å². The van der Waals surface area contributed by atoms with E-state index in [1.165, 1.54) is 7.11 Å². The van der Waals surface area contributed by atoms with Gasteiger partial charge in [-0.1, -0.05) is 11.6 Å². The molecule has 0 bridgehead atoms. The topological polar surface area (TPSA) is 50.8 Å². The maximum absolute atomic E-state index is 12.7. The summed E-state index contributed by atoms with van der Waals surface area (Å²) in [7, 11) is 1.54. The minimum absolute atomic E-state index is 0.0385. The molecular weight excluding hydrogens is 304 g/mol. The molecule has 1 N–H and O–H groups in total. The molecule has 0 spiro atoms. The first-order chi connectivity index (χ1) is 10.5. The van der Waals surface area contributed by atoms with Gasteiger partial charge in [0.25, 0.3) is 5.91 Å². The van der Waals surface area contributed by atoms with Crippen LogP contribution < -0.4 is 14.8 Å². The van der Waals surface area contributed by atoms with Crippen molar-refractivity contribution in [3.8, 4) is 11.5 Å². The summed E-state index contributed by atoms with van der Waals surface area (Å²) in [5, 5.41) is 3.80. The van der Waals surface area contributed by atoms with Crippen molar-refractivity contribution in [3.63, 3.8) is 0 Å². The predicted molar refractivity (Wildman–Crippen MR) is 87.1 cm³/mol. The third-order valence-corrected chi connectivity index (χ3v) is 3.89. The predicted octanol–water partition coefficient (Wildman–Crippen LogP) is 2.57. The van der Waals surface area contributed by atoms with Gasteiger partial charge in [0.05, 0.1) is 18.7 Å². The van der Waals surface area contributed by atoms with E-state index < -0.39 is 0 Å². The Kier molecular flexibility index (Phi) is 5.53. The van der Waals surface area contributed by atoms with Crippen LogP contribution in [-0.2, 0) is 0 Å². The molecule has 0 aliphatic carbocycles. The summed E-state index contributed by atoms with van der Waals surface area (Å²) in [5.74, 6) is 0.919. The lowest BCUT2D eigenvalue weighted by Gasteiger charge is -2.36. The molecule has 0 radical (unpaired) electrons. The first kappa shape index (κ1) is 16.9. The van der Waals surface area contributed by atoms with Crippen LogP contribution in [0.15, 0.2) is 12.1 Å². The number of amides is 1. The van der Waals surface area contributed by atoms with Gasteiger partial charge in [0, 0.05) is 30.7 Å². The van der Waals surface area contributed by atoms with E-state index in [9.17, 15) is 4.79 Å². The highest BCUT2D eigenvalue weighted by atomic mass is 35.5. The van der Waals surface area contributed by atoms with Gasteiger partial charge in [0.15, 0.2) is 11.5 Å². The van der Waals surface area contributed by atoms with Crippen LogP contribution in [0.4, 0.5) is 0 Å². The molecule has 2 rings (SSSR count). The van der Waals surface area contributed by atoms with Crippen molar-refractivity contribution in [3.05, 3.63) is 22.7 Å². The SMILES string of the molecule is CCOc1c(Cl)cc(C(=O)N2C[C@@H](C)N[C@H](C)C2)cc1OC. The Hall–Kier alpha value is -1.46. The Labute approximate surface area is 136 Å². The lowest BCUT2D eigenvalue weighted by Crippen LogP contribution is -2.55. The third-order valence-electron chi connectivity index (χ3n) is 3.61. The van der Waals surface area contributed by atoms with Gasteiger partial charge in [-0.25, -0.2) is 0 Å². The number of hydrogen-bond donors (Lipinski definition) is 1. The lowest BCUT2D eigenvalue weighted by molar-refractivity contribution is 0.0673. The van der Waals surface area contributed by atoms with Crippen LogP contribution in [0.3, 0.4) is 0 Å². The maximum Gasteiger partial charge on any atom is 0.254 e. The molecule has 1 heterocycles. The fraction of sp³-hybridized carbons (Fsp3) is 0.562. The van der Waals surface area contributed by atoms with Crippen LogP contribution in [0.25, 0.3) is 0 Å². The Balaban J connectivity index is 2.28.